The number of nitrogens with zero attached hydrogens (tertiary/aromatic N) is 3. The third-order valence-electron chi connectivity index (χ3n) is 5.56. The predicted molar refractivity (Wildman–Crippen MR) is 124 cm³/mol. The number of rotatable bonds is 6. The van der Waals surface area contributed by atoms with Crippen LogP contribution >= 0.6 is 0 Å². The van der Waals surface area contributed by atoms with E-state index in [9.17, 15) is 18.0 Å². The van der Waals surface area contributed by atoms with Gasteiger partial charge in [-0.1, -0.05) is 18.2 Å². The normalized spacial score (nSPS) is 15.3. The van der Waals surface area contributed by atoms with Gasteiger partial charge in [0.1, 0.15) is 23.8 Å². The Morgan fingerprint density at radius 3 is 2.42 bits per heavy atom. The van der Waals surface area contributed by atoms with Crippen LogP contribution in [-0.4, -0.2) is 32.1 Å². The van der Waals surface area contributed by atoms with Gasteiger partial charge in [0.05, 0.1) is 11.3 Å². The van der Waals surface area contributed by atoms with Crippen LogP contribution in [0.3, 0.4) is 0 Å². The molecule has 0 saturated heterocycles. The Balaban J connectivity index is 1.36. The minimum absolute atomic E-state index is 0.0204. The summed E-state index contributed by atoms with van der Waals surface area (Å²) in [4.78, 5) is 21.4. The average Bonchev–Trinajstić information content (AvgIpc) is 3.36. The monoisotopic (exact) mass is 495 g/mol. The highest BCUT2D eigenvalue weighted by molar-refractivity contribution is 6.32. The van der Waals surface area contributed by atoms with Gasteiger partial charge in [-0.3, -0.25) is 14.2 Å². The van der Waals surface area contributed by atoms with Crippen molar-refractivity contribution in [2.24, 2.45) is 0 Å². The smallest absolute Gasteiger partial charge is 0.487 e. The molecule has 4 heterocycles. The number of halogens is 3. The van der Waals surface area contributed by atoms with E-state index in [-0.39, 0.29) is 12.4 Å². The molecule has 1 aliphatic heterocycles. The summed E-state index contributed by atoms with van der Waals surface area (Å²) in [6, 6.07) is 14.7. The second-order valence-corrected chi connectivity index (χ2v) is 8.57. The minimum atomic E-state index is -4.81. The zero-order valence-corrected chi connectivity index (χ0v) is 19.2. The molecule has 4 aromatic rings. The number of imidazole rings is 1. The number of hydrogen-bond donors (Lipinski definition) is 0. The number of pyridine rings is 2. The number of Topliss-reactive ketones (excluding diaryl/α,β-unsaturated/α-hetero) is 1. The van der Waals surface area contributed by atoms with Crippen molar-refractivity contribution in [2.75, 3.05) is 0 Å². The highest BCUT2D eigenvalue weighted by Gasteiger charge is 2.42. The zero-order chi connectivity index (χ0) is 25.5. The summed E-state index contributed by atoms with van der Waals surface area (Å²) in [7, 11) is 0. The molecule has 0 amide bonds. The zero-order valence-electron chi connectivity index (χ0n) is 19.2. The van der Waals surface area contributed by atoms with Gasteiger partial charge in [0.2, 0.25) is 11.7 Å². The topological polar surface area (TPSA) is 75.0 Å². The molecule has 0 unspecified atom stereocenters. The molecule has 10 heteroatoms. The number of benzene rings is 1. The van der Waals surface area contributed by atoms with E-state index >= 15 is 0 Å². The molecule has 1 aliphatic rings. The molecule has 36 heavy (non-hydrogen) atoms. The number of aromatic nitrogens is 3. The first kappa shape index (κ1) is 23.4. The minimum Gasteiger partial charge on any atom is -0.487 e. The summed E-state index contributed by atoms with van der Waals surface area (Å²) < 4.78 is 55.0. The van der Waals surface area contributed by atoms with Crippen molar-refractivity contribution in [3.8, 4) is 11.6 Å². The lowest BCUT2D eigenvalue weighted by Gasteiger charge is -2.17. The summed E-state index contributed by atoms with van der Waals surface area (Å²) in [5.41, 5.74) is 1.60. The van der Waals surface area contributed by atoms with Gasteiger partial charge in [0, 0.05) is 24.2 Å². The Hall–Kier alpha value is -4.34. The van der Waals surface area contributed by atoms with Crippen molar-refractivity contribution in [1.82, 2.24) is 14.4 Å². The van der Waals surface area contributed by atoms with Crippen LogP contribution in [0.15, 0.2) is 73.2 Å². The third-order valence-corrected chi connectivity index (χ3v) is 5.56. The molecule has 0 aliphatic carbocycles. The van der Waals surface area contributed by atoms with E-state index < -0.39 is 17.8 Å². The van der Waals surface area contributed by atoms with Crippen molar-refractivity contribution < 1.29 is 32.2 Å². The molecule has 0 saturated carbocycles. The Bertz CT molecular complexity index is 1460. The molecular formula is C26H20F3N3O4. The molecule has 7 nitrogen and oxygen atoms in total. The van der Waals surface area contributed by atoms with E-state index in [4.69, 9.17) is 9.47 Å². The first-order chi connectivity index (χ1) is 17.1. The van der Waals surface area contributed by atoms with Crippen molar-refractivity contribution in [1.29, 1.82) is 0 Å². The highest BCUT2D eigenvalue weighted by Crippen LogP contribution is 2.41. The molecule has 0 N–H and O–H groups in total. The second kappa shape index (κ2) is 8.71. The van der Waals surface area contributed by atoms with E-state index in [1.54, 1.807) is 68.7 Å². The van der Waals surface area contributed by atoms with E-state index in [0.717, 1.165) is 5.56 Å². The van der Waals surface area contributed by atoms with Crippen LogP contribution in [0.5, 0.6) is 11.6 Å². The molecule has 3 aromatic heterocycles. The fraction of sp³-hybridized carbons (Fsp3) is 0.192. The third kappa shape index (κ3) is 4.61. The Labute approximate surface area is 203 Å². The summed E-state index contributed by atoms with van der Waals surface area (Å²) in [6.07, 6.45) is -0.126. The van der Waals surface area contributed by atoms with Gasteiger partial charge in [0.25, 0.3) is 0 Å². The standard InChI is InChI=1S/C26H20F3N3O4/c1-25(2)24(33)22(23(36-25)17-10-12-30-13-11-17)16-6-8-19(9-7-16)34-15-18-14-32-20(31-18)4-3-5-21(32)35-26(27,28)29/h3-14H,15H2,1-2H3. The van der Waals surface area contributed by atoms with Gasteiger partial charge in [0.15, 0.2) is 5.60 Å². The summed E-state index contributed by atoms with van der Waals surface area (Å²) in [5.74, 6) is 0.458. The summed E-state index contributed by atoms with van der Waals surface area (Å²) in [6.45, 7) is 3.47. The highest BCUT2D eigenvalue weighted by atomic mass is 19.4. The van der Waals surface area contributed by atoms with Crippen molar-refractivity contribution in [3.05, 3.63) is 90.0 Å². The fourth-order valence-electron chi connectivity index (χ4n) is 3.91. The van der Waals surface area contributed by atoms with Crippen molar-refractivity contribution >= 4 is 22.8 Å². The van der Waals surface area contributed by atoms with Crippen LogP contribution in [0.4, 0.5) is 13.2 Å². The van der Waals surface area contributed by atoms with Crippen molar-refractivity contribution in [2.45, 2.75) is 32.4 Å². The number of hydrogen-bond acceptors (Lipinski definition) is 6. The number of alkyl halides is 3. The lowest BCUT2D eigenvalue weighted by molar-refractivity contribution is -0.276. The Morgan fingerprint density at radius 2 is 1.72 bits per heavy atom. The maximum absolute atomic E-state index is 13.1. The molecule has 0 spiro atoms. The second-order valence-electron chi connectivity index (χ2n) is 8.57. The van der Waals surface area contributed by atoms with Gasteiger partial charge >= 0.3 is 6.36 Å². The number of carbonyl (C=O) groups is 1. The number of ether oxygens (including phenoxy) is 3. The van der Waals surface area contributed by atoms with Gasteiger partial charge < -0.3 is 14.2 Å². The largest absolute Gasteiger partial charge is 0.574 e. The number of ketones is 1. The van der Waals surface area contributed by atoms with Crippen molar-refractivity contribution in [3.63, 3.8) is 0 Å². The van der Waals surface area contributed by atoms with Crippen LogP contribution < -0.4 is 9.47 Å². The van der Waals surface area contributed by atoms with Crippen LogP contribution in [0, 0.1) is 0 Å². The SMILES string of the molecule is CC1(C)OC(c2ccncc2)=C(c2ccc(OCc3cn4c(OC(F)(F)F)cccc4n3)cc2)C1=O. The van der Waals surface area contributed by atoms with Crippen LogP contribution in [0.1, 0.15) is 30.7 Å². The van der Waals surface area contributed by atoms with Crippen LogP contribution in [0.25, 0.3) is 17.0 Å². The molecular weight excluding hydrogens is 475 g/mol. The number of fused-ring (bicyclic) bond motifs is 1. The van der Waals surface area contributed by atoms with Gasteiger partial charge in [-0.05, 0) is 55.8 Å². The van der Waals surface area contributed by atoms with Gasteiger partial charge in [-0.25, -0.2) is 4.98 Å². The van der Waals surface area contributed by atoms with Gasteiger partial charge in [-0.2, -0.15) is 0 Å². The van der Waals surface area contributed by atoms with Gasteiger partial charge in [-0.15, -0.1) is 13.2 Å². The quantitative estimate of drug-likeness (QED) is 0.354. The first-order valence-corrected chi connectivity index (χ1v) is 11.0. The molecule has 0 atom stereocenters. The summed E-state index contributed by atoms with van der Waals surface area (Å²) >= 11 is 0. The van der Waals surface area contributed by atoms with Crippen LogP contribution in [0.2, 0.25) is 0 Å². The summed E-state index contributed by atoms with van der Waals surface area (Å²) in [5, 5.41) is 0. The molecule has 184 valence electrons. The molecule has 1 aromatic carbocycles. The van der Waals surface area contributed by atoms with Crippen LogP contribution in [-0.2, 0) is 16.1 Å². The van der Waals surface area contributed by atoms with E-state index in [1.165, 1.54) is 22.7 Å². The maximum atomic E-state index is 13.1. The number of carbonyl (C=O) groups excluding carboxylic acids is 1. The molecule has 0 radical (unpaired) electrons. The lowest BCUT2D eigenvalue weighted by Crippen LogP contribution is -2.29. The Morgan fingerprint density at radius 1 is 1.00 bits per heavy atom. The molecule has 0 fully saturated rings. The maximum Gasteiger partial charge on any atom is 0.574 e. The predicted octanol–water partition coefficient (Wildman–Crippen LogP) is 5.45. The van der Waals surface area contributed by atoms with E-state index in [1.807, 2.05) is 0 Å². The molecule has 0 bridgehead atoms. The first-order valence-electron chi connectivity index (χ1n) is 11.0. The van der Waals surface area contributed by atoms with E-state index in [0.29, 0.717) is 34.0 Å². The fourth-order valence-corrected chi connectivity index (χ4v) is 3.91. The lowest BCUT2D eigenvalue weighted by atomic mass is 9.93. The average molecular weight is 495 g/mol. The van der Waals surface area contributed by atoms with E-state index in [2.05, 4.69) is 14.7 Å². The Kier molecular flexibility index (Phi) is 5.66. The molecule has 5 rings (SSSR count).